The van der Waals surface area contributed by atoms with Gasteiger partial charge >= 0.3 is 0 Å². The normalized spacial score (nSPS) is 15.1. The maximum atomic E-state index is 6.08. The topological polar surface area (TPSA) is 46.1 Å². The molecular formula is C22H30IN3O2. The average Bonchev–Trinajstić information content (AvgIpc) is 2.71. The van der Waals surface area contributed by atoms with Crippen molar-refractivity contribution in [2.24, 2.45) is 4.99 Å². The summed E-state index contributed by atoms with van der Waals surface area (Å²) in [5.41, 5.74) is 2.42. The fourth-order valence-corrected chi connectivity index (χ4v) is 3.39. The van der Waals surface area contributed by atoms with Crippen LogP contribution in [-0.4, -0.2) is 44.2 Å². The molecule has 0 spiro atoms. The van der Waals surface area contributed by atoms with Gasteiger partial charge in [-0.25, -0.2) is 0 Å². The Morgan fingerprint density at radius 1 is 1.07 bits per heavy atom. The summed E-state index contributed by atoms with van der Waals surface area (Å²) in [4.78, 5) is 6.77. The molecule has 1 aliphatic rings. The first-order valence-electron chi connectivity index (χ1n) is 9.52. The Morgan fingerprint density at radius 3 is 2.46 bits per heavy atom. The van der Waals surface area contributed by atoms with Gasteiger partial charge in [-0.05, 0) is 23.3 Å². The molecule has 28 heavy (non-hydrogen) atoms. The summed E-state index contributed by atoms with van der Waals surface area (Å²) in [5, 5.41) is 3.48. The number of rotatable bonds is 6. The molecule has 1 heterocycles. The van der Waals surface area contributed by atoms with Gasteiger partial charge in [0.25, 0.3) is 0 Å². The van der Waals surface area contributed by atoms with E-state index < -0.39 is 0 Å². The van der Waals surface area contributed by atoms with Crippen LogP contribution in [0.15, 0.2) is 59.6 Å². The number of benzene rings is 2. The van der Waals surface area contributed by atoms with Crippen LogP contribution in [0.3, 0.4) is 0 Å². The zero-order chi connectivity index (χ0) is 18.9. The lowest BCUT2D eigenvalue weighted by Gasteiger charge is -2.34. The number of aliphatic imine (C=N–C) groups is 1. The third-order valence-electron chi connectivity index (χ3n) is 4.75. The van der Waals surface area contributed by atoms with Gasteiger partial charge in [0.1, 0.15) is 11.9 Å². The summed E-state index contributed by atoms with van der Waals surface area (Å²) >= 11 is 0. The Balaban J connectivity index is 0.00000280. The Hall–Kier alpha value is -1.80. The molecule has 0 atom stereocenters. The maximum Gasteiger partial charge on any atom is 0.193 e. The number of ether oxygens (including phenoxy) is 2. The number of halogens is 1. The predicted octanol–water partition coefficient (Wildman–Crippen LogP) is 4.07. The van der Waals surface area contributed by atoms with E-state index >= 15 is 0 Å². The van der Waals surface area contributed by atoms with Crippen molar-refractivity contribution in [2.75, 3.05) is 27.2 Å². The van der Waals surface area contributed by atoms with Gasteiger partial charge in [0.2, 0.25) is 0 Å². The van der Waals surface area contributed by atoms with E-state index in [-0.39, 0.29) is 30.1 Å². The van der Waals surface area contributed by atoms with Crippen LogP contribution < -0.4 is 10.1 Å². The van der Waals surface area contributed by atoms with Gasteiger partial charge in [0.15, 0.2) is 5.96 Å². The van der Waals surface area contributed by atoms with Crippen molar-refractivity contribution in [1.82, 2.24) is 10.2 Å². The Kier molecular flexibility index (Phi) is 9.57. The van der Waals surface area contributed by atoms with Crippen molar-refractivity contribution in [2.45, 2.75) is 32.1 Å². The molecule has 1 aliphatic heterocycles. The second-order valence-corrected chi connectivity index (χ2v) is 6.77. The Bertz CT molecular complexity index is 732. The van der Waals surface area contributed by atoms with Gasteiger partial charge in [-0.1, -0.05) is 42.5 Å². The summed E-state index contributed by atoms with van der Waals surface area (Å²) in [7, 11) is 3.56. The number of nitrogens with zero attached hydrogens (tertiary/aromatic N) is 2. The van der Waals surface area contributed by atoms with Crippen LogP contribution >= 0.6 is 24.0 Å². The SMILES string of the molecule is CN=C(NCc1cccc(COC)c1)N1CCC(Oc2ccccc2)CC1.I. The molecule has 152 valence electrons. The molecule has 6 heteroatoms. The average molecular weight is 495 g/mol. The standard InChI is InChI=1S/C22H29N3O2.HI/c1-23-22(24-16-18-7-6-8-19(15-18)17-26-2)25-13-11-21(12-14-25)27-20-9-4-3-5-10-20;/h3-10,15,21H,11-14,16-17H2,1-2H3,(H,23,24);1H. The number of methoxy groups -OCH3 is 1. The van der Waals surface area contributed by atoms with Crippen LogP contribution in [0.2, 0.25) is 0 Å². The molecule has 0 unspecified atom stereocenters. The minimum atomic E-state index is 0. The highest BCUT2D eigenvalue weighted by Gasteiger charge is 2.22. The molecule has 1 fully saturated rings. The van der Waals surface area contributed by atoms with Gasteiger partial charge in [0.05, 0.1) is 6.61 Å². The molecule has 2 aromatic rings. The Morgan fingerprint density at radius 2 is 1.79 bits per heavy atom. The second-order valence-electron chi connectivity index (χ2n) is 6.77. The fraction of sp³-hybridized carbons (Fsp3) is 0.409. The van der Waals surface area contributed by atoms with Crippen LogP contribution in [-0.2, 0) is 17.9 Å². The Labute approximate surface area is 185 Å². The van der Waals surface area contributed by atoms with E-state index in [2.05, 4.69) is 39.5 Å². The number of guanidine groups is 1. The van der Waals surface area contributed by atoms with E-state index in [0.717, 1.165) is 44.2 Å². The largest absolute Gasteiger partial charge is 0.490 e. The van der Waals surface area contributed by atoms with Gasteiger partial charge in [-0.15, -0.1) is 24.0 Å². The number of likely N-dealkylation sites (tertiary alicyclic amines) is 1. The number of hydrogen-bond acceptors (Lipinski definition) is 3. The fourth-order valence-electron chi connectivity index (χ4n) is 3.39. The monoisotopic (exact) mass is 495 g/mol. The lowest BCUT2D eigenvalue weighted by Crippen LogP contribution is -2.47. The van der Waals surface area contributed by atoms with E-state index in [1.165, 1.54) is 11.1 Å². The zero-order valence-electron chi connectivity index (χ0n) is 16.6. The lowest BCUT2D eigenvalue weighted by molar-refractivity contribution is 0.129. The van der Waals surface area contributed by atoms with Crippen LogP contribution in [0.25, 0.3) is 0 Å². The van der Waals surface area contributed by atoms with E-state index in [0.29, 0.717) is 6.61 Å². The van der Waals surface area contributed by atoms with E-state index in [9.17, 15) is 0 Å². The molecule has 0 aliphatic carbocycles. The third-order valence-corrected chi connectivity index (χ3v) is 4.75. The smallest absolute Gasteiger partial charge is 0.193 e. The quantitative estimate of drug-likeness (QED) is 0.373. The summed E-state index contributed by atoms with van der Waals surface area (Å²) in [5.74, 6) is 1.90. The molecule has 5 nitrogen and oxygen atoms in total. The van der Waals surface area contributed by atoms with Crippen molar-refractivity contribution in [3.63, 3.8) is 0 Å². The van der Waals surface area contributed by atoms with E-state index in [1.54, 1.807) is 7.11 Å². The van der Waals surface area contributed by atoms with Crippen molar-refractivity contribution in [3.05, 3.63) is 65.7 Å². The van der Waals surface area contributed by atoms with Crippen molar-refractivity contribution in [3.8, 4) is 5.75 Å². The first kappa shape index (κ1) is 22.5. The second kappa shape index (κ2) is 11.9. The van der Waals surface area contributed by atoms with Gasteiger partial charge in [0, 0.05) is 46.6 Å². The van der Waals surface area contributed by atoms with Crippen LogP contribution in [0.1, 0.15) is 24.0 Å². The van der Waals surface area contributed by atoms with Crippen molar-refractivity contribution >= 4 is 29.9 Å². The van der Waals surface area contributed by atoms with Gasteiger partial charge in [-0.2, -0.15) is 0 Å². The van der Waals surface area contributed by atoms with Crippen LogP contribution in [0, 0.1) is 0 Å². The van der Waals surface area contributed by atoms with E-state index in [4.69, 9.17) is 9.47 Å². The predicted molar refractivity (Wildman–Crippen MR) is 124 cm³/mol. The molecule has 0 radical (unpaired) electrons. The summed E-state index contributed by atoms with van der Waals surface area (Å²) in [6, 6.07) is 18.5. The first-order chi connectivity index (χ1) is 13.3. The minimum Gasteiger partial charge on any atom is -0.490 e. The van der Waals surface area contributed by atoms with Crippen LogP contribution in [0.4, 0.5) is 0 Å². The molecule has 0 bridgehead atoms. The summed E-state index contributed by atoms with van der Waals surface area (Å²) < 4.78 is 11.3. The van der Waals surface area contributed by atoms with Crippen LogP contribution in [0.5, 0.6) is 5.75 Å². The number of para-hydroxylation sites is 1. The molecule has 3 rings (SSSR count). The maximum absolute atomic E-state index is 6.08. The highest BCUT2D eigenvalue weighted by atomic mass is 127. The molecular weight excluding hydrogens is 465 g/mol. The molecule has 1 saturated heterocycles. The number of piperidine rings is 1. The number of hydrogen-bond donors (Lipinski definition) is 1. The summed E-state index contributed by atoms with van der Waals surface area (Å²) in [6.45, 7) is 3.28. The molecule has 0 saturated carbocycles. The lowest BCUT2D eigenvalue weighted by atomic mass is 10.1. The molecule has 1 N–H and O–H groups in total. The highest BCUT2D eigenvalue weighted by Crippen LogP contribution is 2.18. The summed E-state index contributed by atoms with van der Waals surface area (Å²) in [6.07, 6.45) is 2.27. The van der Waals surface area contributed by atoms with Gasteiger partial charge in [-0.3, -0.25) is 4.99 Å². The van der Waals surface area contributed by atoms with Crippen molar-refractivity contribution < 1.29 is 9.47 Å². The van der Waals surface area contributed by atoms with Crippen molar-refractivity contribution in [1.29, 1.82) is 0 Å². The zero-order valence-corrected chi connectivity index (χ0v) is 19.0. The minimum absolute atomic E-state index is 0. The number of nitrogens with one attached hydrogen (secondary N) is 1. The van der Waals surface area contributed by atoms with Gasteiger partial charge < -0.3 is 19.7 Å². The molecule has 2 aromatic carbocycles. The highest BCUT2D eigenvalue weighted by molar-refractivity contribution is 14.0. The molecule has 0 aromatic heterocycles. The first-order valence-corrected chi connectivity index (χ1v) is 9.52. The molecule has 0 amide bonds. The third kappa shape index (κ3) is 6.67. The van der Waals surface area contributed by atoms with E-state index in [1.807, 2.05) is 37.4 Å².